The number of nitrogens with zero attached hydrogens (tertiary/aromatic N) is 2. The van der Waals surface area contributed by atoms with Crippen molar-refractivity contribution in [1.29, 1.82) is 0 Å². The third-order valence-corrected chi connectivity index (χ3v) is 10.3. The van der Waals surface area contributed by atoms with Crippen LogP contribution in [0.1, 0.15) is 16.7 Å². The Labute approximate surface area is 311 Å². The fourth-order valence-corrected chi connectivity index (χ4v) is 7.23. The van der Waals surface area contributed by atoms with Crippen molar-refractivity contribution in [3.05, 3.63) is 159 Å². The van der Waals surface area contributed by atoms with Crippen molar-refractivity contribution in [1.82, 2.24) is 0 Å². The van der Waals surface area contributed by atoms with Gasteiger partial charge in [-0.1, -0.05) is 54.1 Å². The summed E-state index contributed by atoms with van der Waals surface area (Å²) in [5.74, 6) is -0.0311. The normalized spacial score (nSPS) is 12.1. The lowest BCUT2D eigenvalue weighted by molar-refractivity contribution is -0.288. The van der Waals surface area contributed by atoms with Crippen LogP contribution >= 0.6 is 0 Å². The molecule has 0 atom stereocenters. The molecule has 0 bridgehead atoms. The predicted molar refractivity (Wildman–Crippen MR) is 200 cm³/mol. The van der Waals surface area contributed by atoms with Gasteiger partial charge < -0.3 is 19.3 Å². The highest BCUT2D eigenvalue weighted by Gasteiger charge is 2.72. The van der Waals surface area contributed by atoms with Gasteiger partial charge in [-0.25, -0.2) is 8.42 Å². The maximum atomic E-state index is 15.5. The molecule has 4 aromatic carbocycles. The van der Waals surface area contributed by atoms with Gasteiger partial charge in [-0.3, -0.25) is 0 Å². The second-order valence-electron chi connectivity index (χ2n) is 12.0. The van der Waals surface area contributed by atoms with Crippen LogP contribution in [-0.4, -0.2) is 47.5 Å². The molecule has 0 aliphatic carbocycles. The Morgan fingerprint density at radius 1 is 0.667 bits per heavy atom. The third-order valence-electron chi connectivity index (χ3n) is 8.51. The topological polar surface area (TPSA) is 59.1 Å². The lowest BCUT2D eigenvalue weighted by Gasteiger charge is -2.39. The third kappa shape index (κ3) is 8.20. The van der Waals surface area contributed by atoms with Crippen LogP contribution in [0.15, 0.2) is 145 Å². The summed E-state index contributed by atoms with van der Waals surface area (Å²) >= 11 is 0. The summed E-state index contributed by atoms with van der Waals surface area (Å²) in [5.41, 5.74) is -6.14. The van der Waals surface area contributed by atoms with Gasteiger partial charge in [0.2, 0.25) is 15.3 Å². The first-order valence-corrected chi connectivity index (χ1v) is 17.8. The number of alkyl halides is 6. The molecule has 0 aliphatic rings. The fraction of sp³-hybridized carbons (Fsp3) is 0.195. The maximum Gasteiger partial charge on any atom is 0.411 e. The molecule has 0 saturated carbocycles. The molecule has 0 fully saturated rings. The zero-order chi connectivity index (χ0) is 39.9. The van der Waals surface area contributed by atoms with Crippen LogP contribution in [-0.2, 0) is 15.3 Å². The van der Waals surface area contributed by atoms with Crippen LogP contribution in [0, 0.1) is 13.5 Å². The van der Waals surface area contributed by atoms with E-state index in [4.69, 9.17) is 9.47 Å². The second-order valence-corrected chi connectivity index (χ2v) is 14.0. The highest BCUT2D eigenvalue weighted by molar-refractivity contribution is 7.91. The zero-order valence-electron chi connectivity index (χ0n) is 29.6. The van der Waals surface area contributed by atoms with Gasteiger partial charge in [-0.15, -0.1) is 26.3 Å². The number of ether oxygens (including phenoxy) is 2. The summed E-state index contributed by atoms with van der Waals surface area (Å²) in [5, 5.41) is 0. The molecule has 0 saturated heterocycles. The summed E-state index contributed by atoms with van der Waals surface area (Å²) in [6, 6.07) is 16.6. The molecular formula is C41H39F6N2O4S. The van der Waals surface area contributed by atoms with Gasteiger partial charge in [0.05, 0.1) is 34.8 Å². The Balaban J connectivity index is 1.94. The van der Waals surface area contributed by atoms with Crippen molar-refractivity contribution in [3.8, 4) is 17.2 Å². The van der Waals surface area contributed by atoms with E-state index in [9.17, 15) is 8.42 Å². The Kier molecular flexibility index (Phi) is 12.8. The summed E-state index contributed by atoms with van der Waals surface area (Å²) < 4.78 is 131. The van der Waals surface area contributed by atoms with Gasteiger partial charge in [0.25, 0.3) is 0 Å². The van der Waals surface area contributed by atoms with Gasteiger partial charge >= 0.3 is 12.4 Å². The summed E-state index contributed by atoms with van der Waals surface area (Å²) in [4.78, 5) is 2.81. The molecule has 4 aromatic rings. The average molecular weight is 770 g/mol. The highest BCUT2D eigenvalue weighted by Crippen LogP contribution is 2.58. The van der Waals surface area contributed by atoms with E-state index in [0.29, 0.717) is 6.07 Å². The Morgan fingerprint density at radius 3 is 1.61 bits per heavy atom. The molecule has 0 aliphatic heterocycles. The first-order chi connectivity index (χ1) is 25.5. The second kappa shape index (κ2) is 16.7. The summed E-state index contributed by atoms with van der Waals surface area (Å²) in [7, 11) is -2.65. The summed E-state index contributed by atoms with van der Waals surface area (Å²) in [6.07, 6.45) is -6.24. The number of hydrogen-bond donors (Lipinski definition) is 0. The molecule has 0 unspecified atom stereocenters. The minimum absolute atomic E-state index is 0.0334. The van der Waals surface area contributed by atoms with Gasteiger partial charge in [0.1, 0.15) is 11.5 Å². The number of anilines is 2. The minimum atomic E-state index is -5.91. The van der Waals surface area contributed by atoms with Gasteiger partial charge in [-0.05, 0) is 78.7 Å². The van der Waals surface area contributed by atoms with E-state index >= 15 is 26.3 Å². The van der Waals surface area contributed by atoms with Crippen molar-refractivity contribution in [2.75, 3.05) is 36.5 Å². The van der Waals surface area contributed by atoms with E-state index in [0.717, 1.165) is 35.9 Å². The maximum absolute atomic E-state index is 15.5. The van der Waals surface area contributed by atoms with Crippen LogP contribution in [0.3, 0.4) is 0 Å². The standard InChI is InChI=1S/C41H39F6N2O4S/c1-7-23-48(24-8-2)35-27-30(13-21-37(35)52-6)39(40(42,43)44,41(45,46)47)31-14-22-38(36(28-31)49(25-9-3)26-10-4)53-32-15-19-34(20-16-32)54(50,51)33-17-11-29(5)12-18-33/h7-22,25,27-28H,1-4,23-24,26H2,5-6H3. The SMILES string of the molecule is C=C[CH]N(CC=C)c1cc(C(c2ccc(OC)c(N(CC=C)CC=C)c2)(C(F)(F)F)C(F)(F)F)ccc1Oc1ccc(S(=O)(=O)c2ccc(C)cc2)cc1. The predicted octanol–water partition coefficient (Wildman–Crippen LogP) is 10.6. The van der Waals surface area contributed by atoms with Gasteiger partial charge in [-0.2, -0.15) is 26.3 Å². The lowest BCUT2D eigenvalue weighted by atomic mass is 9.72. The zero-order valence-corrected chi connectivity index (χ0v) is 30.4. The molecule has 1 radical (unpaired) electrons. The number of halogens is 6. The molecule has 6 nitrogen and oxygen atoms in total. The molecule has 0 heterocycles. The number of hydrogen-bond acceptors (Lipinski definition) is 6. The quantitative estimate of drug-likeness (QED) is 0.0787. The lowest BCUT2D eigenvalue weighted by Crippen LogP contribution is -2.54. The van der Waals surface area contributed by atoms with E-state index in [1.165, 1.54) is 84.2 Å². The van der Waals surface area contributed by atoms with E-state index in [1.54, 1.807) is 12.1 Å². The molecule has 4 rings (SSSR count). The van der Waals surface area contributed by atoms with Crippen LogP contribution in [0.4, 0.5) is 37.7 Å². The number of rotatable bonds is 17. The molecule has 0 spiro atoms. The summed E-state index contributed by atoms with van der Waals surface area (Å²) in [6.45, 7) is 17.8. The smallest absolute Gasteiger partial charge is 0.411 e. The average Bonchev–Trinajstić information content (AvgIpc) is 3.11. The Bertz CT molecular complexity index is 2040. The molecule has 0 amide bonds. The van der Waals surface area contributed by atoms with E-state index in [2.05, 4.69) is 26.3 Å². The molecule has 0 N–H and O–H groups in total. The van der Waals surface area contributed by atoms with Crippen LogP contribution in [0.25, 0.3) is 0 Å². The number of aryl methyl sites for hydroxylation is 1. The van der Waals surface area contributed by atoms with Crippen molar-refractivity contribution in [3.63, 3.8) is 0 Å². The first kappa shape index (κ1) is 41.3. The Hall–Kier alpha value is -5.43. The van der Waals surface area contributed by atoms with Crippen molar-refractivity contribution in [2.24, 2.45) is 0 Å². The largest absolute Gasteiger partial charge is 0.495 e. The number of sulfone groups is 1. The number of methoxy groups -OCH3 is 1. The van der Waals surface area contributed by atoms with Crippen LogP contribution < -0.4 is 19.3 Å². The number of benzene rings is 4. The van der Waals surface area contributed by atoms with Gasteiger partial charge in [0.15, 0.2) is 5.75 Å². The first-order valence-electron chi connectivity index (χ1n) is 16.4. The molecule has 13 heteroatoms. The fourth-order valence-electron chi connectivity index (χ4n) is 5.97. The van der Waals surface area contributed by atoms with E-state index in [1.807, 2.05) is 6.92 Å². The van der Waals surface area contributed by atoms with E-state index < -0.39 is 38.7 Å². The van der Waals surface area contributed by atoms with Crippen molar-refractivity contribution >= 4 is 21.2 Å². The van der Waals surface area contributed by atoms with E-state index in [-0.39, 0.29) is 58.0 Å². The monoisotopic (exact) mass is 769 g/mol. The molecular weight excluding hydrogens is 731 g/mol. The minimum Gasteiger partial charge on any atom is -0.495 e. The molecule has 285 valence electrons. The molecule has 0 aromatic heterocycles. The van der Waals surface area contributed by atoms with Crippen LogP contribution in [0.5, 0.6) is 17.2 Å². The Morgan fingerprint density at radius 2 is 1.15 bits per heavy atom. The van der Waals surface area contributed by atoms with Crippen molar-refractivity contribution < 1.29 is 44.2 Å². The van der Waals surface area contributed by atoms with Gasteiger partial charge in [0, 0.05) is 19.6 Å². The highest BCUT2D eigenvalue weighted by atomic mass is 32.2. The van der Waals surface area contributed by atoms with Crippen molar-refractivity contribution in [2.45, 2.75) is 34.5 Å². The molecule has 54 heavy (non-hydrogen) atoms. The van der Waals surface area contributed by atoms with Crippen LogP contribution in [0.2, 0.25) is 0 Å².